The Kier molecular flexibility index (Phi) is 2.79. The zero-order valence-corrected chi connectivity index (χ0v) is 6.20. The summed E-state index contributed by atoms with van der Waals surface area (Å²) in [5.74, 6) is 0. The van der Waals surface area contributed by atoms with E-state index < -0.39 is 30.7 Å². The molecule has 1 aliphatic heterocycles. The van der Waals surface area contributed by atoms with Crippen molar-refractivity contribution < 1.29 is 32.5 Å². The van der Waals surface area contributed by atoms with Gasteiger partial charge in [0.1, 0.15) is 18.8 Å². The first-order valence-corrected chi connectivity index (χ1v) is 3.39. The van der Waals surface area contributed by atoms with E-state index in [1.165, 1.54) is 0 Å². The van der Waals surface area contributed by atoms with Crippen LogP contribution in [0.25, 0.3) is 0 Å². The molecule has 0 spiro atoms. The molecule has 0 saturated carbocycles. The Bertz CT molecular complexity index is 183. The minimum atomic E-state index is -4.82. The van der Waals surface area contributed by atoms with E-state index in [2.05, 4.69) is 4.74 Å². The maximum absolute atomic E-state index is 12.4. The van der Waals surface area contributed by atoms with Gasteiger partial charge in [-0.25, -0.2) is 4.39 Å². The van der Waals surface area contributed by atoms with E-state index in [-0.39, 0.29) is 6.61 Å². The van der Waals surface area contributed by atoms with Crippen LogP contribution in [-0.2, 0) is 4.74 Å². The predicted octanol–water partition coefficient (Wildman–Crippen LogP) is 0.169. The fraction of sp³-hybridized carbons (Fsp3) is 0.833. The van der Waals surface area contributed by atoms with Crippen molar-refractivity contribution in [1.29, 1.82) is 0 Å². The van der Waals surface area contributed by atoms with Crippen LogP contribution < -0.4 is 0 Å². The summed E-state index contributed by atoms with van der Waals surface area (Å²) in [4.78, 5) is 0. The van der Waals surface area contributed by atoms with Crippen molar-refractivity contribution in [1.82, 2.24) is 0 Å². The predicted molar refractivity (Wildman–Crippen MR) is 32.1 cm³/mol. The van der Waals surface area contributed by atoms with Gasteiger partial charge in [-0.3, -0.25) is 0 Å². The third kappa shape index (κ3) is 2.09. The fourth-order valence-corrected chi connectivity index (χ4v) is 0.959. The number of hydrogen-bond donors (Lipinski definition) is 2. The number of aliphatic hydroxyl groups is 2. The Hall–Kier alpha value is -0.400. The van der Waals surface area contributed by atoms with E-state index in [1.54, 1.807) is 0 Å². The average molecular weight is 203 g/mol. The summed E-state index contributed by atoms with van der Waals surface area (Å²) in [6.45, 7) is 0.232. The highest BCUT2D eigenvalue weighted by atomic mass is 19.4. The lowest BCUT2D eigenvalue weighted by Crippen LogP contribution is -2.55. The first-order valence-electron chi connectivity index (χ1n) is 3.39. The number of aliphatic hydroxyl groups excluding tert-OH is 2. The second-order valence-corrected chi connectivity index (χ2v) is 2.66. The minimum absolute atomic E-state index is 0.232. The van der Waals surface area contributed by atoms with E-state index in [9.17, 15) is 17.6 Å². The topological polar surface area (TPSA) is 49.7 Å². The zero-order valence-electron chi connectivity index (χ0n) is 6.20. The van der Waals surface area contributed by atoms with Crippen molar-refractivity contribution in [3.63, 3.8) is 0 Å². The van der Waals surface area contributed by atoms with Gasteiger partial charge in [-0.15, -0.1) is 0 Å². The standard InChI is InChI=1S/C6H7F4O3/c7-2-1-13-5(6(8,9)10)4(12)3(2)11/h1-5,11-12H/t2-,3+,4+,5-/m0/s1. The Labute approximate surface area is 70.9 Å². The number of hydrogen-bond acceptors (Lipinski definition) is 3. The van der Waals surface area contributed by atoms with E-state index in [1.807, 2.05) is 0 Å². The highest BCUT2D eigenvalue weighted by molar-refractivity contribution is 4.94. The Morgan fingerprint density at radius 3 is 2.15 bits per heavy atom. The van der Waals surface area contributed by atoms with Crippen LogP contribution in [0, 0.1) is 6.61 Å². The summed E-state index contributed by atoms with van der Waals surface area (Å²) in [5, 5.41) is 17.5. The lowest BCUT2D eigenvalue weighted by Gasteiger charge is -2.34. The first kappa shape index (κ1) is 10.7. The highest BCUT2D eigenvalue weighted by Crippen LogP contribution is 2.32. The SMILES string of the molecule is O[C@@H]1[C@H](O)[C@@H](F)[CH]O[C@@H]1C(F)(F)F. The van der Waals surface area contributed by atoms with E-state index >= 15 is 0 Å². The summed E-state index contributed by atoms with van der Waals surface area (Å²) in [7, 11) is 0. The number of alkyl halides is 4. The van der Waals surface area contributed by atoms with Gasteiger partial charge >= 0.3 is 6.18 Å². The van der Waals surface area contributed by atoms with Gasteiger partial charge in [0, 0.05) is 0 Å². The normalized spacial score (nSPS) is 42.0. The largest absolute Gasteiger partial charge is 0.417 e. The molecule has 0 aromatic heterocycles. The van der Waals surface area contributed by atoms with Gasteiger partial charge in [0.05, 0.1) is 0 Å². The van der Waals surface area contributed by atoms with Gasteiger partial charge in [0.15, 0.2) is 12.3 Å². The number of rotatable bonds is 0. The van der Waals surface area contributed by atoms with Crippen LogP contribution in [0.5, 0.6) is 0 Å². The molecule has 1 radical (unpaired) electrons. The third-order valence-electron chi connectivity index (χ3n) is 1.66. The van der Waals surface area contributed by atoms with Crippen molar-refractivity contribution >= 4 is 0 Å². The van der Waals surface area contributed by atoms with Crippen LogP contribution in [0.15, 0.2) is 0 Å². The van der Waals surface area contributed by atoms with Crippen LogP contribution in [-0.4, -0.2) is 40.9 Å². The smallest absolute Gasteiger partial charge is 0.387 e. The number of ether oxygens (including phenoxy) is 1. The van der Waals surface area contributed by atoms with Crippen LogP contribution in [0.1, 0.15) is 0 Å². The Morgan fingerprint density at radius 2 is 1.69 bits per heavy atom. The molecule has 1 saturated heterocycles. The molecule has 1 fully saturated rings. The van der Waals surface area contributed by atoms with Gasteiger partial charge in [0.2, 0.25) is 0 Å². The van der Waals surface area contributed by atoms with E-state index in [0.717, 1.165) is 0 Å². The minimum Gasteiger partial charge on any atom is -0.387 e. The van der Waals surface area contributed by atoms with Gasteiger partial charge in [-0.2, -0.15) is 13.2 Å². The second kappa shape index (κ2) is 3.39. The summed E-state index contributed by atoms with van der Waals surface area (Å²) >= 11 is 0. The molecular formula is C6H7F4O3. The van der Waals surface area contributed by atoms with Gasteiger partial charge < -0.3 is 14.9 Å². The van der Waals surface area contributed by atoms with Crippen molar-refractivity contribution in [2.45, 2.75) is 30.7 Å². The van der Waals surface area contributed by atoms with Crippen molar-refractivity contribution in [2.75, 3.05) is 0 Å². The summed E-state index contributed by atoms with van der Waals surface area (Å²) < 4.78 is 52.2. The van der Waals surface area contributed by atoms with E-state index in [4.69, 9.17) is 10.2 Å². The average Bonchev–Trinajstić information content (AvgIpc) is 1.98. The maximum atomic E-state index is 12.4. The molecule has 7 heteroatoms. The molecule has 1 aliphatic rings. The molecule has 0 aromatic rings. The molecule has 1 rings (SSSR count). The van der Waals surface area contributed by atoms with E-state index in [0.29, 0.717) is 0 Å². The molecule has 0 unspecified atom stereocenters. The monoisotopic (exact) mass is 203 g/mol. The zero-order chi connectivity index (χ0) is 10.2. The molecule has 0 bridgehead atoms. The molecule has 1 heterocycles. The molecular weight excluding hydrogens is 196 g/mol. The van der Waals surface area contributed by atoms with Crippen LogP contribution in [0.2, 0.25) is 0 Å². The number of halogens is 4. The quantitative estimate of drug-likeness (QED) is 0.552. The summed E-state index contributed by atoms with van der Waals surface area (Å²) in [6, 6.07) is 0. The lowest BCUT2D eigenvalue weighted by molar-refractivity contribution is -0.270. The molecule has 13 heavy (non-hydrogen) atoms. The van der Waals surface area contributed by atoms with Gasteiger partial charge in [-0.05, 0) is 0 Å². The van der Waals surface area contributed by atoms with Gasteiger partial charge in [-0.1, -0.05) is 0 Å². The fourth-order valence-electron chi connectivity index (χ4n) is 0.959. The first-order chi connectivity index (χ1) is 5.84. The van der Waals surface area contributed by atoms with Crippen LogP contribution in [0.3, 0.4) is 0 Å². The molecule has 0 amide bonds. The molecule has 2 N–H and O–H groups in total. The van der Waals surface area contributed by atoms with Crippen LogP contribution in [0.4, 0.5) is 17.6 Å². The molecule has 4 atom stereocenters. The van der Waals surface area contributed by atoms with Crippen LogP contribution >= 0.6 is 0 Å². The molecule has 0 aliphatic carbocycles. The third-order valence-corrected chi connectivity index (χ3v) is 1.66. The lowest BCUT2D eigenvalue weighted by atomic mass is 10.0. The second-order valence-electron chi connectivity index (χ2n) is 2.66. The Balaban J connectivity index is 2.70. The molecule has 0 aromatic carbocycles. The van der Waals surface area contributed by atoms with Crippen molar-refractivity contribution in [2.24, 2.45) is 0 Å². The molecule has 3 nitrogen and oxygen atoms in total. The summed E-state index contributed by atoms with van der Waals surface area (Å²) in [6.07, 6.45) is -13.9. The summed E-state index contributed by atoms with van der Waals surface area (Å²) in [5.41, 5.74) is 0. The Morgan fingerprint density at radius 1 is 1.15 bits per heavy atom. The van der Waals surface area contributed by atoms with Crippen molar-refractivity contribution in [3.05, 3.63) is 6.61 Å². The van der Waals surface area contributed by atoms with Crippen molar-refractivity contribution in [3.8, 4) is 0 Å². The highest BCUT2D eigenvalue weighted by Gasteiger charge is 2.52. The van der Waals surface area contributed by atoms with Gasteiger partial charge in [0.25, 0.3) is 0 Å². The maximum Gasteiger partial charge on any atom is 0.417 e. The molecule has 77 valence electrons.